The molecule has 1 unspecified atom stereocenters. The van der Waals surface area contributed by atoms with Gasteiger partial charge in [0.05, 0.1) is 5.69 Å². The molecule has 0 spiro atoms. The molecule has 2 aromatic heterocycles. The lowest BCUT2D eigenvalue weighted by atomic mass is 10.1. The highest BCUT2D eigenvalue weighted by molar-refractivity contribution is 7.14. The van der Waals surface area contributed by atoms with Crippen LogP contribution in [0.25, 0.3) is 11.3 Å². The number of halogens is 1. The topological polar surface area (TPSA) is 85.6 Å². The molecule has 2 heterocycles. The number of amides is 1. The highest BCUT2D eigenvalue weighted by Crippen LogP contribution is 2.26. The molecule has 1 amide bonds. The molecule has 0 saturated carbocycles. The van der Waals surface area contributed by atoms with Crippen LogP contribution in [0.5, 0.6) is 0 Å². The fraction of sp³-hybridized carbons (Fsp3) is 0.150. The summed E-state index contributed by atoms with van der Waals surface area (Å²) in [5.74, 6) is -0.188. The largest absolute Gasteiger partial charge is 0.300 e. The number of aromatic nitrogens is 5. The minimum Gasteiger partial charge on any atom is -0.300 e. The summed E-state index contributed by atoms with van der Waals surface area (Å²) < 4.78 is 15.0. The van der Waals surface area contributed by atoms with Gasteiger partial charge in [0.2, 0.25) is 0 Å². The number of tetrazole rings is 1. The van der Waals surface area contributed by atoms with E-state index in [0.29, 0.717) is 16.5 Å². The van der Waals surface area contributed by atoms with Gasteiger partial charge in [-0.25, -0.2) is 14.1 Å². The second-order valence-electron chi connectivity index (χ2n) is 6.41. The van der Waals surface area contributed by atoms with Crippen LogP contribution >= 0.6 is 11.3 Å². The van der Waals surface area contributed by atoms with Crippen LogP contribution in [-0.2, 0) is 11.2 Å². The van der Waals surface area contributed by atoms with E-state index in [1.807, 2.05) is 35.7 Å². The van der Waals surface area contributed by atoms with Crippen molar-refractivity contribution in [3.05, 3.63) is 77.2 Å². The van der Waals surface area contributed by atoms with E-state index < -0.39 is 6.04 Å². The number of aryl methyl sites for hydroxylation is 1. The zero-order valence-electron chi connectivity index (χ0n) is 15.5. The molecule has 4 rings (SSSR count). The standard InChI is InChI=1S/C20H17FN6OS/c1-13-24-25-26-27(13)18(11-14-6-5-9-16(21)10-14)19(28)23-20-22-17(12-29-20)15-7-3-2-4-8-15/h2-10,12,18H,11H2,1H3,(H,22,23,28). The van der Waals surface area contributed by atoms with Crippen molar-refractivity contribution in [3.8, 4) is 11.3 Å². The summed E-state index contributed by atoms with van der Waals surface area (Å²) in [6.45, 7) is 1.71. The molecule has 0 bridgehead atoms. The van der Waals surface area contributed by atoms with Crippen LogP contribution < -0.4 is 5.32 Å². The zero-order chi connectivity index (χ0) is 20.2. The molecule has 4 aromatic rings. The number of thiazole rings is 1. The quantitative estimate of drug-likeness (QED) is 0.526. The van der Waals surface area contributed by atoms with E-state index in [0.717, 1.165) is 11.3 Å². The van der Waals surface area contributed by atoms with Gasteiger partial charge in [-0.05, 0) is 35.0 Å². The maximum Gasteiger partial charge on any atom is 0.251 e. The number of benzene rings is 2. The second-order valence-corrected chi connectivity index (χ2v) is 7.27. The summed E-state index contributed by atoms with van der Waals surface area (Å²) in [5, 5.41) is 16.6. The molecule has 0 aliphatic rings. The van der Waals surface area contributed by atoms with E-state index in [4.69, 9.17) is 0 Å². The molecule has 0 radical (unpaired) electrons. The summed E-state index contributed by atoms with van der Waals surface area (Å²) in [6, 6.07) is 15.1. The first-order chi connectivity index (χ1) is 14.1. The Labute approximate surface area is 170 Å². The van der Waals surface area contributed by atoms with Gasteiger partial charge in [-0.2, -0.15) is 0 Å². The molecule has 0 saturated heterocycles. The molecule has 9 heteroatoms. The molecule has 146 valence electrons. The van der Waals surface area contributed by atoms with Crippen molar-refractivity contribution in [1.82, 2.24) is 25.2 Å². The predicted molar refractivity (Wildman–Crippen MR) is 108 cm³/mol. The Morgan fingerprint density at radius 1 is 1.21 bits per heavy atom. The molecular weight excluding hydrogens is 391 g/mol. The van der Waals surface area contributed by atoms with Gasteiger partial charge >= 0.3 is 0 Å². The van der Waals surface area contributed by atoms with Crippen LogP contribution in [0.1, 0.15) is 17.4 Å². The Balaban J connectivity index is 1.57. The Morgan fingerprint density at radius 3 is 2.76 bits per heavy atom. The van der Waals surface area contributed by atoms with Crippen LogP contribution in [0.3, 0.4) is 0 Å². The smallest absolute Gasteiger partial charge is 0.251 e. The average molecular weight is 408 g/mol. The maximum atomic E-state index is 13.6. The summed E-state index contributed by atoms with van der Waals surface area (Å²) in [7, 11) is 0. The second kappa shape index (κ2) is 8.27. The first kappa shape index (κ1) is 18.9. The van der Waals surface area contributed by atoms with Gasteiger partial charge in [0.1, 0.15) is 17.7 Å². The van der Waals surface area contributed by atoms with Crippen molar-refractivity contribution in [1.29, 1.82) is 0 Å². The van der Waals surface area contributed by atoms with Crippen molar-refractivity contribution in [2.45, 2.75) is 19.4 Å². The minimum absolute atomic E-state index is 0.242. The van der Waals surface area contributed by atoms with Crippen LogP contribution in [0.15, 0.2) is 60.0 Å². The van der Waals surface area contributed by atoms with E-state index in [9.17, 15) is 9.18 Å². The van der Waals surface area contributed by atoms with Crippen LogP contribution in [-0.4, -0.2) is 31.1 Å². The molecule has 29 heavy (non-hydrogen) atoms. The van der Waals surface area contributed by atoms with Crippen molar-refractivity contribution in [2.24, 2.45) is 0 Å². The predicted octanol–water partition coefficient (Wildman–Crippen LogP) is 3.67. The third-order valence-corrected chi connectivity index (χ3v) is 5.13. The zero-order valence-corrected chi connectivity index (χ0v) is 16.3. The highest BCUT2D eigenvalue weighted by Gasteiger charge is 2.25. The third-order valence-electron chi connectivity index (χ3n) is 4.38. The number of nitrogens with one attached hydrogen (secondary N) is 1. The maximum absolute atomic E-state index is 13.6. The molecular formula is C20H17FN6OS. The first-order valence-electron chi connectivity index (χ1n) is 8.91. The van der Waals surface area contributed by atoms with E-state index in [2.05, 4.69) is 25.8 Å². The van der Waals surface area contributed by atoms with Gasteiger partial charge in [0, 0.05) is 17.4 Å². The number of rotatable bonds is 6. The molecule has 0 aliphatic heterocycles. The molecule has 1 N–H and O–H groups in total. The van der Waals surface area contributed by atoms with Crippen LogP contribution in [0.2, 0.25) is 0 Å². The number of nitrogens with zero attached hydrogens (tertiary/aromatic N) is 5. The van der Waals surface area contributed by atoms with Crippen molar-refractivity contribution >= 4 is 22.4 Å². The minimum atomic E-state index is -0.740. The van der Waals surface area contributed by atoms with Crippen molar-refractivity contribution < 1.29 is 9.18 Å². The fourth-order valence-corrected chi connectivity index (χ4v) is 3.69. The monoisotopic (exact) mass is 408 g/mol. The third kappa shape index (κ3) is 4.35. The number of hydrogen-bond donors (Lipinski definition) is 1. The van der Waals surface area contributed by atoms with E-state index >= 15 is 0 Å². The van der Waals surface area contributed by atoms with E-state index in [1.54, 1.807) is 19.1 Å². The molecule has 0 fully saturated rings. The van der Waals surface area contributed by atoms with Gasteiger partial charge in [0.15, 0.2) is 5.13 Å². The molecule has 2 aromatic carbocycles. The van der Waals surface area contributed by atoms with Gasteiger partial charge < -0.3 is 5.32 Å². The Morgan fingerprint density at radius 2 is 2.03 bits per heavy atom. The Bertz CT molecular complexity index is 1130. The summed E-state index contributed by atoms with van der Waals surface area (Å²) in [4.78, 5) is 17.5. The first-order valence-corrected chi connectivity index (χ1v) is 9.79. The number of hydrogen-bond acceptors (Lipinski definition) is 6. The van der Waals surface area contributed by atoms with E-state index in [-0.39, 0.29) is 18.1 Å². The number of carbonyl (C=O) groups is 1. The summed E-state index contributed by atoms with van der Waals surface area (Å²) >= 11 is 1.34. The van der Waals surface area contributed by atoms with Gasteiger partial charge in [-0.15, -0.1) is 16.4 Å². The van der Waals surface area contributed by atoms with Crippen molar-refractivity contribution in [3.63, 3.8) is 0 Å². The van der Waals surface area contributed by atoms with Crippen molar-refractivity contribution in [2.75, 3.05) is 5.32 Å². The fourth-order valence-electron chi connectivity index (χ4n) is 2.97. The lowest BCUT2D eigenvalue weighted by molar-refractivity contribution is -0.119. The Kier molecular flexibility index (Phi) is 5.39. The lowest BCUT2D eigenvalue weighted by Crippen LogP contribution is -2.29. The van der Waals surface area contributed by atoms with Gasteiger partial charge in [0.25, 0.3) is 5.91 Å². The average Bonchev–Trinajstić information content (AvgIpc) is 3.36. The number of anilines is 1. The lowest BCUT2D eigenvalue weighted by Gasteiger charge is -2.16. The molecule has 1 atom stereocenters. The summed E-state index contributed by atoms with van der Waals surface area (Å²) in [5.41, 5.74) is 2.42. The summed E-state index contributed by atoms with van der Waals surface area (Å²) in [6.07, 6.45) is 0.242. The van der Waals surface area contributed by atoms with Gasteiger partial charge in [-0.1, -0.05) is 42.5 Å². The number of carbonyl (C=O) groups excluding carboxylic acids is 1. The van der Waals surface area contributed by atoms with Crippen LogP contribution in [0.4, 0.5) is 9.52 Å². The van der Waals surface area contributed by atoms with Gasteiger partial charge in [-0.3, -0.25) is 4.79 Å². The molecule has 7 nitrogen and oxygen atoms in total. The SMILES string of the molecule is Cc1nnnn1C(Cc1cccc(F)c1)C(=O)Nc1nc(-c2ccccc2)cs1. The highest BCUT2D eigenvalue weighted by atomic mass is 32.1. The van der Waals surface area contributed by atoms with E-state index in [1.165, 1.54) is 28.2 Å². The molecule has 0 aliphatic carbocycles. The Hall–Kier alpha value is -3.46. The van der Waals surface area contributed by atoms with Crippen LogP contribution in [0, 0.1) is 12.7 Å². The normalized spacial score (nSPS) is 11.9.